The van der Waals surface area contributed by atoms with Gasteiger partial charge >= 0.3 is 6.18 Å². The summed E-state index contributed by atoms with van der Waals surface area (Å²) < 4.78 is 42.4. The zero-order valence-electron chi connectivity index (χ0n) is 11.5. The minimum Gasteiger partial charge on any atom is -0.479 e. The molecule has 0 spiro atoms. The molecule has 0 saturated carbocycles. The van der Waals surface area contributed by atoms with E-state index in [0.717, 1.165) is 6.92 Å². The summed E-state index contributed by atoms with van der Waals surface area (Å²) in [4.78, 5) is 3.80. The van der Waals surface area contributed by atoms with Crippen LogP contribution in [0.4, 0.5) is 13.2 Å². The van der Waals surface area contributed by atoms with Gasteiger partial charge in [0.05, 0.1) is 6.20 Å². The molecular weight excluding hydrogens is 257 g/mol. The number of halogens is 3. The van der Waals surface area contributed by atoms with E-state index < -0.39 is 12.3 Å². The highest BCUT2D eigenvalue weighted by molar-refractivity contribution is 5.30. The Hall–Kier alpha value is -1.30. The van der Waals surface area contributed by atoms with Crippen LogP contribution in [0.5, 0.6) is 5.75 Å². The standard InChI is InChI=1S/C13H19F3N2O/c1-9(13(14,15)16)19-11-8-17-6-5-10(11)7-18-12(2,3)4/h5-6,8-9,18H,7H2,1-4H3. The molecule has 1 atom stereocenters. The summed E-state index contributed by atoms with van der Waals surface area (Å²) in [6, 6.07) is 1.65. The monoisotopic (exact) mass is 276 g/mol. The first-order chi connectivity index (χ1) is 8.59. The molecule has 1 unspecified atom stereocenters. The maximum atomic E-state index is 12.5. The molecule has 0 saturated heterocycles. The van der Waals surface area contributed by atoms with Crippen molar-refractivity contribution in [1.82, 2.24) is 10.3 Å². The van der Waals surface area contributed by atoms with Crippen LogP contribution in [0.15, 0.2) is 18.5 Å². The number of alkyl halides is 3. The molecule has 0 aliphatic carbocycles. The van der Waals surface area contributed by atoms with Crippen molar-refractivity contribution in [2.24, 2.45) is 0 Å². The number of rotatable bonds is 4. The largest absolute Gasteiger partial charge is 0.479 e. The molecular formula is C13H19F3N2O. The van der Waals surface area contributed by atoms with E-state index in [1.807, 2.05) is 20.8 Å². The summed E-state index contributed by atoms with van der Waals surface area (Å²) in [6.45, 7) is 7.34. The Labute approximate surface area is 111 Å². The molecule has 0 radical (unpaired) electrons. The van der Waals surface area contributed by atoms with Crippen LogP contribution >= 0.6 is 0 Å². The molecule has 1 heterocycles. The van der Waals surface area contributed by atoms with E-state index in [-0.39, 0.29) is 11.3 Å². The summed E-state index contributed by atoms with van der Waals surface area (Å²) in [5, 5.41) is 3.20. The van der Waals surface area contributed by atoms with Crippen LogP contribution < -0.4 is 10.1 Å². The van der Waals surface area contributed by atoms with Gasteiger partial charge < -0.3 is 10.1 Å². The molecule has 0 fully saturated rings. The van der Waals surface area contributed by atoms with Crippen LogP contribution in [0.2, 0.25) is 0 Å². The number of hydrogen-bond acceptors (Lipinski definition) is 3. The van der Waals surface area contributed by atoms with E-state index in [1.165, 1.54) is 12.4 Å². The van der Waals surface area contributed by atoms with Gasteiger partial charge in [-0.3, -0.25) is 4.98 Å². The molecule has 6 heteroatoms. The van der Waals surface area contributed by atoms with Crippen molar-refractivity contribution in [3.8, 4) is 5.75 Å². The second-order valence-electron chi connectivity index (χ2n) is 5.39. The number of aromatic nitrogens is 1. The van der Waals surface area contributed by atoms with E-state index in [9.17, 15) is 13.2 Å². The van der Waals surface area contributed by atoms with Gasteiger partial charge in [-0.05, 0) is 33.8 Å². The van der Waals surface area contributed by atoms with E-state index in [2.05, 4.69) is 10.3 Å². The molecule has 1 aromatic heterocycles. The average molecular weight is 276 g/mol. The molecule has 1 N–H and O–H groups in total. The number of hydrogen-bond donors (Lipinski definition) is 1. The molecule has 108 valence electrons. The minimum absolute atomic E-state index is 0.129. The molecule has 3 nitrogen and oxygen atoms in total. The zero-order valence-corrected chi connectivity index (χ0v) is 11.5. The fraction of sp³-hybridized carbons (Fsp3) is 0.615. The van der Waals surface area contributed by atoms with Crippen LogP contribution in [0.3, 0.4) is 0 Å². The van der Waals surface area contributed by atoms with Gasteiger partial charge in [-0.15, -0.1) is 0 Å². The van der Waals surface area contributed by atoms with Gasteiger partial charge in [0, 0.05) is 23.8 Å². The van der Waals surface area contributed by atoms with Crippen molar-refractivity contribution in [3.05, 3.63) is 24.0 Å². The first kappa shape index (κ1) is 15.8. The van der Waals surface area contributed by atoms with Crippen LogP contribution in [-0.2, 0) is 6.54 Å². The van der Waals surface area contributed by atoms with E-state index in [1.54, 1.807) is 6.07 Å². The van der Waals surface area contributed by atoms with Crippen molar-refractivity contribution in [1.29, 1.82) is 0 Å². The van der Waals surface area contributed by atoms with Crippen molar-refractivity contribution in [3.63, 3.8) is 0 Å². The third-order valence-corrected chi connectivity index (χ3v) is 2.44. The Morgan fingerprint density at radius 1 is 1.32 bits per heavy atom. The normalized spacial score (nSPS) is 14.3. The van der Waals surface area contributed by atoms with Gasteiger partial charge in [0.15, 0.2) is 6.10 Å². The molecule has 0 aliphatic heterocycles. The highest BCUT2D eigenvalue weighted by Crippen LogP contribution is 2.26. The molecule has 1 aromatic rings. The third-order valence-electron chi connectivity index (χ3n) is 2.44. The Kier molecular flexibility index (Phi) is 4.79. The summed E-state index contributed by atoms with van der Waals surface area (Å²) >= 11 is 0. The predicted molar refractivity (Wildman–Crippen MR) is 67.0 cm³/mol. The minimum atomic E-state index is -4.38. The lowest BCUT2D eigenvalue weighted by molar-refractivity contribution is -0.189. The lowest BCUT2D eigenvalue weighted by atomic mass is 10.1. The topological polar surface area (TPSA) is 34.1 Å². The smallest absolute Gasteiger partial charge is 0.425 e. The van der Waals surface area contributed by atoms with Gasteiger partial charge in [-0.2, -0.15) is 13.2 Å². The fourth-order valence-corrected chi connectivity index (χ4v) is 1.28. The maximum absolute atomic E-state index is 12.5. The molecule has 1 rings (SSSR count). The summed E-state index contributed by atoms with van der Waals surface area (Å²) in [5.41, 5.74) is 0.525. The van der Waals surface area contributed by atoms with E-state index >= 15 is 0 Å². The van der Waals surface area contributed by atoms with Crippen LogP contribution in [0, 0.1) is 0 Å². The lowest BCUT2D eigenvalue weighted by Gasteiger charge is -2.23. The number of ether oxygens (including phenoxy) is 1. The summed E-state index contributed by atoms with van der Waals surface area (Å²) in [7, 11) is 0. The van der Waals surface area contributed by atoms with Crippen molar-refractivity contribution < 1.29 is 17.9 Å². The van der Waals surface area contributed by atoms with Gasteiger partial charge in [0.1, 0.15) is 5.75 Å². The Morgan fingerprint density at radius 2 is 1.95 bits per heavy atom. The second kappa shape index (κ2) is 5.77. The predicted octanol–water partition coefficient (Wildman–Crippen LogP) is 3.30. The molecule has 0 aliphatic rings. The molecule has 0 aromatic carbocycles. The van der Waals surface area contributed by atoms with Crippen LogP contribution in [-0.4, -0.2) is 22.8 Å². The van der Waals surface area contributed by atoms with Crippen LogP contribution in [0.1, 0.15) is 33.3 Å². The van der Waals surface area contributed by atoms with Gasteiger partial charge in [0.2, 0.25) is 0 Å². The highest BCUT2D eigenvalue weighted by Gasteiger charge is 2.38. The Balaban J connectivity index is 2.79. The Morgan fingerprint density at radius 3 is 2.47 bits per heavy atom. The van der Waals surface area contributed by atoms with E-state index in [4.69, 9.17) is 4.74 Å². The summed E-state index contributed by atoms with van der Waals surface area (Å²) in [6.07, 6.45) is -3.40. The van der Waals surface area contributed by atoms with Gasteiger partial charge in [0.25, 0.3) is 0 Å². The first-order valence-corrected chi connectivity index (χ1v) is 6.01. The summed E-state index contributed by atoms with van der Waals surface area (Å²) in [5.74, 6) is 0.157. The van der Waals surface area contributed by atoms with Crippen LogP contribution in [0.25, 0.3) is 0 Å². The molecule has 0 amide bonds. The molecule has 19 heavy (non-hydrogen) atoms. The number of nitrogens with one attached hydrogen (secondary N) is 1. The average Bonchev–Trinajstić information content (AvgIpc) is 2.25. The zero-order chi connectivity index (χ0) is 14.7. The third kappa shape index (κ3) is 5.46. The SMILES string of the molecule is CC(Oc1cnccc1CNC(C)(C)C)C(F)(F)F. The van der Waals surface area contributed by atoms with Crippen molar-refractivity contribution in [2.45, 2.75) is 52.1 Å². The lowest BCUT2D eigenvalue weighted by Crippen LogP contribution is -2.35. The van der Waals surface area contributed by atoms with Gasteiger partial charge in [-0.1, -0.05) is 0 Å². The molecule has 0 bridgehead atoms. The second-order valence-corrected chi connectivity index (χ2v) is 5.39. The van der Waals surface area contributed by atoms with Crippen molar-refractivity contribution in [2.75, 3.05) is 0 Å². The first-order valence-electron chi connectivity index (χ1n) is 6.01. The number of pyridine rings is 1. The number of nitrogens with zero attached hydrogens (tertiary/aromatic N) is 1. The van der Waals surface area contributed by atoms with E-state index in [0.29, 0.717) is 12.1 Å². The highest BCUT2D eigenvalue weighted by atomic mass is 19.4. The van der Waals surface area contributed by atoms with Gasteiger partial charge in [-0.25, -0.2) is 0 Å². The maximum Gasteiger partial charge on any atom is 0.425 e. The quantitative estimate of drug-likeness (QED) is 0.916. The fourth-order valence-electron chi connectivity index (χ4n) is 1.28. The Bertz CT molecular complexity index is 413. The van der Waals surface area contributed by atoms with Crippen molar-refractivity contribution >= 4 is 0 Å².